The molecule has 0 amide bonds. The Balaban J connectivity index is 2.62. The summed E-state index contributed by atoms with van der Waals surface area (Å²) < 4.78 is 4.60. The molecule has 0 aliphatic heterocycles. The molecule has 0 spiro atoms. The summed E-state index contributed by atoms with van der Waals surface area (Å²) in [5.74, 6) is -0.181. The van der Waals surface area contributed by atoms with Crippen molar-refractivity contribution in [1.29, 1.82) is 0 Å². The normalized spacial score (nSPS) is 9.94. The number of carbonyl (C=O) groups is 1. The lowest BCUT2D eigenvalue weighted by atomic mass is 10.1. The van der Waals surface area contributed by atoms with Crippen LogP contribution in [-0.2, 0) is 16.0 Å². The van der Waals surface area contributed by atoms with E-state index in [2.05, 4.69) is 42.1 Å². The quantitative estimate of drug-likeness (QED) is 0.776. The van der Waals surface area contributed by atoms with Crippen molar-refractivity contribution in [2.24, 2.45) is 0 Å². The van der Waals surface area contributed by atoms with E-state index in [1.807, 2.05) is 0 Å². The predicted molar refractivity (Wildman–Crippen MR) is 65.7 cm³/mol. The van der Waals surface area contributed by atoms with Crippen LogP contribution in [0.15, 0.2) is 18.2 Å². The third-order valence-corrected chi connectivity index (χ3v) is 2.60. The van der Waals surface area contributed by atoms with Crippen LogP contribution in [0.4, 0.5) is 5.69 Å². The van der Waals surface area contributed by atoms with Crippen LogP contribution in [0.5, 0.6) is 0 Å². The van der Waals surface area contributed by atoms with E-state index in [0.717, 1.165) is 12.1 Å². The molecule has 0 heterocycles. The second kappa shape index (κ2) is 6.16. The van der Waals surface area contributed by atoms with E-state index in [4.69, 9.17) is 0 Å². The van der Waals surface area contributed by atoms with Crippen molar-refractivity contribution >= 4 is 11.7 Å². The summed E-state index contributed by atoms with van der Waals surface area (Å²) in [6.07, 6.45) is 1.39. The second-order valence-electron chi connectivity index (χ2n) is 3.72. The van der Waals surface area contributed by atoms with Gasteiger partial charge in [0.05, 0.1) is 13.5 Å². The lowest BCUT2D eigenvalue weighted by Crippen LogP contribution is -2.11. The van der Waals surface area contributed by atoms with Crippen molar-refractivity contribution in [2.75, 3.05) is 19.0 Å². The average molecular weight is 221 g/mol. The Hall–Kier alpha value is -1.51. The van der Waals surface area contributed by atoms with Gasteiger partial charge in [0.15, 0.2) is 0 Å². The van der Waals surface area contributed by atoms with E-state index < -0.39 is 0 Å². The topological polar surface area (TPSA) is 38.3 Å². The van der Waals surface area contributed by atoms with Crippen molar-refractivity contribution in [1.82, 2.24) is 0 Å². The van der Waals surface area contributed by atoms with Gasteiger partial charge in [0, 0.05) is 12.2 Å². The van der Waals surface area contributed by atoms with Gasteiger partial charge in [-0.25, -0.2) is 0 Å². The lowest BCUT2D eigenvalue weighted by Gasteiger charge is -2.13. The number of carbonyl (C=O) groups excluding carboxylic acids is 1. The van der Waals surface area contributed by atoms with E-state index in [1.165, 1.54) is 18.2 Å². The van der Waals surface area contributed by atoms with Gasteiger partial charge in [-0.2, -0.15) is 0 Å². The van der Waals surface area contributed by atoms with Crippen molar-refractivity contribution in [3.8, 4) is 0 Å². The molecule has 88 valence electrons. The predicted octanol–water partition coefficient (Wildman–Crippen LogP) is 2.53. The van der Waals surface area contributed by atoms with Crippen molar-refractivity contribution in [2.45, 2.75) is 26.7 Å². The van der Waals surface area contributed by atoms with Crippen LogP contribution in [0.3, 0.4) is 0 Å². The minimum atomic E-state index is -0.181. The number of benzene rings is 1. The molecule has 1 aromatic rings. The molecule has 3 heteroatoms. The molecular formula is C13H19NO2. The maximum atomic E-state index is 11.0. The Kier molecular flexibility index (Phi) is 4.83. The number of aryl methyl sites for hydroxylation is 2. The fourth-order valence-corrected chi connectivity index (χ4v) is 1.67. The molecule has 0 aromatic heterocycles. The minimum Gasteiger partial charge on any atom is -0.469 e. The largest absolute Gasteiger partial charge is 0.469 e. The summed E-state index contributed by atoms with van der Waals surface area (Å²) >= 11 is 0. The highest BCUT2D eigenvalue weighted by Gasteiger charge is 2.04. The number of methoxy groups -OCH3 is 1. The van der Waals surface area contributed by atoms with Crippen LogP contribution in [0.1, 0.15) is 24.5 Å². The Morgan fingerprint density at radius 1 is 1.44 bits per heavy atom. The lowest BCUT2D eigenvalue weighted by molar-refractivity contribution is -0.140. The first-order chi connectivity index (χ1) is 7.69. The second-order valence-corrected chi connectivity index (χ2v) is 3.72. The minimum absolute atomic E-state index is 0.181. The van der Waals surface area contributed by atoms with Crippen molar-refractivity contribution in [3.05, 3.63) is 29.3 Å². The van der Waals surface area contributed by atoms with E-state index in [-0.39, 0.29) is 5.97 Å². The summed E-state index contributed by atoms with van der Waals surface area (Å²) in [6, 6.07) is 6.23. The number of anilines is 1. The fraction of sp³-hybridized carbons (Fsp3) is 0.462. The maximum Gasteiger partial charge on any atom is 0.307 e. The molecule has 1 rings (SSSR count). The van der Waals surface area contributed by atoms with Crippen LogP contribution in [-0.4, -0.2) is 19.6 Å². The Morgan fingerprint density at radius 2 is 2.19 bits per heavy atom. The number of hydrogen-bond acceptors (Lipinski definition) is 3. The highest BCUT2D eigenvalue weighted by atomic mass is 16.5. The number of ether oxygens (including phenoxy) is 1. The Morgan fingerprint density at radius 3 is 2.81 bits per heavy atom. The zero-order chi connectivity index (χ0) is 12.0. The van der Waals surface area contributed by atoms with E-state index in [0.29, 0.717) is 13.0 Å². The monoisotopic (exact) mass is 221 g/mol. The molecule has 0 radical (unpaired) electrons. The third kappa shape index (κ3) is 3.26. The SMILES string of the molecule is CCc1cccc(C)c1NCCC(=O)OC. The highest BCUT2D eigenvalue weighted by Crippen LogP contribution is 2.20. The van der Waals surface area contributed by atoms with Gasteiger partial charge in [-0.1, -0.05) is 25.1 Å². The highest BCUT2D eigenvalue weighted by molar-refractivity contribution is 5.70. The molecule has 0 saturated heterocycles. The molecular weight excluding hydrogens is 202 g/mol. The maximum absolute atomic E-state index is 11.0. The number of nitrogens with one attached hydrogen (secondary N) is 1. The summed E-state index contributed by atoms with van der Waals surface area (Å²) in [4.78, 5) is 11.0. The van der Waals surface area contributed by atoms with Gasteiger partial charge < -0.3 is 10.1 Å². The summed E-state index contributed by atoms with van der Waals surface area (Å²) in [7, 11) is 1.41. The zero-order valence-corrected chi connectivity index (χ0v) is 10.2. The first kappa shape index (κ1) is 12.6. The van der Waals surface area contributed by atoms with Gasteiger partial charge in [0.1, 0.15) is 0 Å². The fourth-order valence-electron chi connectivity index (χ4n) is 1.67. The molecule has 0 unspecified atom stereocenters. The summed E-state index contributed by atoms with van der Waals surface area (Å²) in [5.41, 5.74) is 3.64. The molecule has 0 saturated carbocycles. The van der Waals surface area contributed by atoms with Gasteiger partial charge >= 0.3 is 5.97 Å². The first-order valence-electron chi connectivity index (χ1n) is 5.58. The standard InChI is InChI=1S/C13H19NO2/c1-4-11-7-5-6-10(2)13(11)14-9-8-12(15)16-3/h5-7,14H,4,8-9H2,1-3H3. The van der Waals surface area contributed by atoms with Gasteiger partial charge in [-0.3, -0.25) is 4.79 Å². The molecule has 1 N–H and O–H groups in total. The molecule has 16 heavy (non-hydrogen) atoms. The molecule has 1 aromatic carbocycles. The van der Waals surface area contributed by atoms with Crippen LogP contribution in [0.2, 0.25) is 0 Å². The number of esters is 1. The smallest absolute Gasteiger partial charge is 0.307 e. The molecule has 0 atom stereocenters. The Labute approximate surface area is 96.8 Å². The number of para-hydroxylation sites is 1. The van der Waals surface area contributed by atoms with Gasteiger partial charge in [0.2, 0.25) is 0 Å². The van der Waals surface area contributed by atoms with Gasteiger partial charge in [-0.05, 0) is 24.5 Å². The van der Waals surface area contributed by atoms with Crippen molar-refractivity contribution in [3.63, 3.8) is 0 Å². The summed E-state index contributed by atoms with van der Waals surface area (Å²) in [5, 5.41) is 3.30. The average Bonchev–Trinajstić information content (AvgIpc) is 2.30. The van der Waals surface area contributed by atoms with Crippen molar-refractivity contribution < 1.29 is 9.53 Å². The van der Waals surface area contributed by atoms with E-state index >= 15 is 0 Å². The van der Waals surface area contributed by atoms with Crippen LogP contribution in [0, 0.1) is 6.92 Å². The number of hydrogen-bond donors (Lipinski definition) is 1. The van der Waals surface area contributed by atoms with Gasteiger partial charge in [0.25, 0.3) is 0 Å². The Bertz CT molecular complexity index is 361. The molecule has 0 aliphatic rings. The molecule has 0 bridgehead atoms. The van der Waals surface area contributed by atoms with E-state index in [1.54, 1.807) is 0 Å². The zero-order valence-electron chi connectivity index (χ0n) is 10.2. The van der Waals surface area contributed by atoms with Crippen LogP contribution in [0.25, 0.3) is 0 Å². The van der Waals surface area contributed by atoms with Gasteiger partial charge in [-0.15, -0.1) is 0 Å². The number of rotatable bonds is 5. The third-order valence-electron chi connectivity index (χ3n) is 2.60. The van der Waals surface area contributed by atoms with Crippen LogP contribution < -0.4 is 5.32 Å². The molecule has 3 nitrogen and oxygen atoms in total. The van der Waals surface area contributed by atoms with E-state index in [9.17, 15) is 4.79 Å². The van der Waals surface area contributed by atoms with Crippen LogP contribution >= 0.6 is 0 Å². The summed E-state index contributed by atoms with van der Waals surface area (Å²) in [6.45, 7) is 4.81. The molecule has 0 fully saturated rings. The first-order valence-corrected chi connectivity index (χ1v) is 5.58. The molecule has 0 aliphatic carbocycles.